The first kappa shape index (κ1) is 26.2. The standard InChI is InChI=1S/C27H29N5O4/c1-5-32(26(34)36-27(2,3)4)24-15-20(35-17-18-9-7-6-8-10-18)14-23(30-24)21-12-11-19(16-28)13-22(21)25(33)31-29/h6-15H,5,17,29H2,1-4H3,(H,31,33). The van der Waals surface area contributed by atoms with Gasteiger partial charge in [-0.2, -0.15) is 5.26 Å². The predicted molar refractivity (Wildman–Crippen MR) is 136 cm³/mol. The molecule has 3 rings (SSSR count). The molecule has 1 aromatic heterocycles. The number of ether oxygens (including phenoxy) is 2. The first-order valence-corrected chi connectivity index (χ1v) is 11.4. The van der Waals surface area contributed by atoms with Crippen LogP contribution >= 0.6 is 0 Å². The number of rotatable bonds is 7. The summed E-state index contributed by atoms with van der Waals surface area (Å²) in [5.41, 5.74) is 3.60. The van der Waals surface area contributed by atoms with E-state index in [0.717, 1.165) is 5.56 Å². The highest BCUT2D eigenvalue weighted by Gasteiger charge is 2.25. The molecule has 2 amide bonds. The maximum atomic E-state index is 12.9. The molecule has 0 atom stereocenters. The van der Waals surface area contributed by atoms with E-state index >= 15 is 0 Å². The van der Waals surface area contributed by atoms with Gasteiger partial charge in [-0.25, -0.2) is 15.6 Å². The van der Waals surface area contributed by atoms with E-state index in [1.54, 1.807) is 52.0 Å². The molecule has 0 aliphatic carbocycles. The fraction of sp³-hybridized carbons (Fsp3) is 0.259. The van der Waals surface area contributed by atoms with Crippen molar-refractivity contribution in [2.24, 2.45) is 5.84 Å². The van der Waals surface area contributed by atoms with Crippen LogP contribution in [0.25, 0.3) is 11.3 Å². The van der Waals surface area contributed by atoms with E-state index in [9.17, 15) is 14.9 Å². The Morgan fingerprint density at radius 2 is 1.83 bits per heavy atom. The minimum absolute atomic E-state index is 0.163. The molecule has 0 aliphatic rings. The zero-order valence-corrected chi connectivity index (χ0v) is 20.7. The maximum absolute atomic E-state index is 12.9. The highest BCUT2D eigenvalue weighted by molar-refractivity contribution is 6.01. The van der Waals surface area contributed by atoms with E-state index < -0.39 is 17.6 Å². The molecule has 3 aromatic rings. The number of carbonyl (C=O) groups is 2. The molecular weight excluding hydrogens is 458 g/mol. The summed E-state index contributed by atoms with van der Waals surface area (Å²) in [6, 6.07) is 19.6. The molecular formula is C27H29N5O4. The molecule has 2 aromatic carbocycles. The average molecular weight is 488 g/mol. The van der Waals surface area contributed by atoms with Gasteiger partial charge in [-0.3, -0.25) is 15.1 Å². The number of nitriles is 1. The Kier molecular flexibility index (Phi) is 8.25. The molecule has 186 valence electrons. The molecule has 0 aliphatic heterocycles. The number of hydrogen-bond acceptors (Lipinski definition) is 7. The summed E-state index contributed by atoms with van der Waals surface area (Å²) in [7, 11) is 0. The van der Waals surface area contributed by atoms with E-state index in [0.29, 0.717) is 17.0 Å². The summed E-state index contributed by atoms with van der Waals surface area (Å²) in [5, 5.41) is 9.30. The minimum atomic E-state index is -0.700. The molecule has 0 fully saturated rings. The summed E-state index contributed by atoms with van der Waals surface area (Å²) in [4.78, 5) is 31.5. The van der Waals surface area contributed by atoms with Crippen molar-refractivity contribution in [3.8, 4) is 23.1 Å². The summed E-state index contributed by atoms with van der Waals surface area (Å²) in [6.45, 7) is 7.72. The normalized spacial score (nSPS) is 10.8. The van der Waals surface area contributed by atoms with Crippen molar-refractivity contribution in [1.29, 1.82) is 5.26 Å². The number of aromatic nitrogens is 1. The second-order valence-corrected chi connectivity index (χ2v) is 8.89. The Hall–Kier alpha value is -4.42. The third-order valence-corrected chi connectivity index (χ3v) is 5.04. The number of hydrazine groups is 1. The van der Waals surface area contributed by atoms with Crippen LogP contribution in [0.1, 0.15) is 49.2 Å². The van der Waals surface area contributed by atoms with Crippen LogP contribution in [0.4, 0.5) is 10.6 Å². The molecule has 1 heterocycles. The second-order valence-electron chi connectivity index (χ2n) is 8.89. The number of carbonyl (C=O) groups excluding carboxylic acids is 2. The van der Waals surface area contributed by atoms with Gasteiger partial charge in [-0.1, -0.05) is 36.4 Å². The van der Waals surface area contributed by atoms with Crippen LogP contribution in [0.3, 0.4) is 0 Å². The summed E-state index contributed by atoms with van der Waals surface area (Å²) >= 11 is 0. The van der Waals surface area contributed by atoms with Gasteiger partial charge in [0.25, 0.3) is 5.91 Å². The van der Waals surface area contributed by atoms with Gasteiger partial charge in [0.2, 0.25) is 0 Å². The first-order valence-electron chi connectivity index (χ1n) is 11.4. The molecule has 0 saturated heterocycles. The topological polar surface area (TPSA) is 131 Å². The molecule has 9 nitrogen and oxygen atoms in total. The van der Waals surface area contributed by atoms with Crippen molar-refractivity contribution < 1.29 is 19.1 Å². The van der Waals surface area contributed by atoms with Crippen molar-refractivity contribution in [2.75, 3.05) is 11.4 Å². The van der Waals surface area contributed by atoms with Gasteiger partial charge in [0.1, 0.15) is 23.8 Å². The van der Waals surface area contributed by atoms with Crippen LogP contribution < -0.4 is 20.9 Å². The quantitative estimate of drug-likeness (QED) is 0.284. The van der Waals surface area contributed by atoms with Crippen molar-refractivity contribution in [2.45, 2.75) is 39.9 Å². The molecule has 0 spiro atoms. The van der Waals surface area contributed by atoms with E-state index in [2.05, 4.69) is 10.4 Å². The van der Waals surface area contributed by atoms with Gasteiger partial charge in [0, 0.05) is 24.2 Å². The van der Waals surface area contributed by atoms with Gasteiger partial charge >= 0.3 is 6.09 Å². The van der Waals surface area contributed by atoms with Gasteiger partial charge in [0.05, 0.1) is 22.9 Å². The maximum Gasteiger partial charge on any atom is 0.415 e. The monoisotopic (exact) mass is 487 g/mol. The lowest BCUT2D eigenvalue weighted by molar-refractivity contribution is 0.0581. The fourth-order valence-corrected chi connectivity index (χ4v) is 3.40. The summed E-state index contributed by atoms with van der Waals surface area (Å²) in [6.07, 6.45) is -0.566. The van der Waals surface area contributed by atoms with E-state index in [-0.39, 0.29) is 30.1 Å². The van der Waals surface area contributed by atoms with E-state index in [4.69, 9.17) is 15.3 Å². The average Bonchev–Trinajstić information content (AvgIpc) is 2.86. The zero-order chi connectivity index (χ0) is 26.3. The van der Waals surface area contributed by atoms with Crippen LogP contribution in [-0.2, 0) is 11.3 Å². The number of amides is 2. The van der Waals surface area contributed by atoms with Crippen LogP contribution in [-0.4, -0.2) is 29.1 Å². The summed E-state index contributed by atoms with van der Waals surface area (Å²) in [5.74, 6) is 5.53. The van der Waals surface area contributed by atoms with Crippen molar-refractivity contribution in [3.63, 3.8) is 0 Å². The molecule has 9 heteroatoms. The van der Waals surface area contributed by atoms with Crippen LogP contribution in [0.5, 0.6) is 5.75 Å². The second kappa shape index (κ2) is 11.3. The number of hydrogen-bond donors (Lipinski definition) is 2. The molecule has 36 heavy (non-hydrogen) atoms. The smallest absolute Gasteiger partial charge is 0.415 e. The fourth-order valence-electron chi connectivity index (χ4n) is 3.40. The molecule has 0 unspecified atom stereocenters. The molecule has 0 radical (unpaired) electrons. The van der Waals surface area contributed by atoms with Crippen molar-refractivity contribution in [1.82, 2.24) is 10.4 Å². The Labute approximate surface area is 210 Å². The highest BCUT2D eigenvalue weighted by atomic mass is 16.6. The first-order chi connectivity index (χ1) is 17.1. The number of nitrogens with two attached hydrogens (primary N) is 1. The van der Waals surface area contributed by atoms with Gasteiger partial charge in [-0.15, -0.1) is 0 Å². The van der Waals surface area contributed by atoms with Crippen LogP contribution in [0, 0.1) is 11.3 Å². The number of nitrogen functional groups attached to an aromatic ring is 1. The van der Waals surface area contributed by atoms with Crippen molar-refractivity contribution in [3.05, 3.63) is 77.4 Å². The number of nitrogens with one attached hydrogen (secondary N) is 1. The lowest BCUT2D eigenvalue weighted by Crippen LogP contribution is -2.37. The largest absolute Gasteiger partial charge is 0.489 e. The van der Waals surface area contributed by atoms with Gasteiger partial charge < -0.3 is 9.47 Å². The molecule has 0 bridgehead atoms. The number of pyridine rings is 1. The van der Waals surface area contributed by atoms with Crippen molar-refractivity contribution >= 4 is 17.8 Å². The minimum Gasteiger partial charge on any atom is -0.489 e. The Morgan fingerprint density at radius 1 is 1.11 bits per heavy atom. The Bertz CT molecular complexity index is 1280. The number of anilines is 1. The van der Waals surface area contributed by atoms with Gasteiger partial charge in [-0.05, 0) is 45.4 Å². The third kappa shape index (κ3) is 6.58. The lowest BCUT2D eigenvalue weighted by atomic mass is 10.0. The van der Waals surface area contributed by atoms with E-state index in [1.165, 1.54) is 11.0 Å². The third-order valence-electron chi connectivity index (χ3n) is 5.04. The SMILES string of the molecule is CCN(C(=O)OC(C)(C)C)c1cc(OCc2ccccc2)cc(-c2ccc(C#N)cc2C(=O)NN)n1. The Balaban J connectivity index is 2.12. The number of benzene rings is 2. The van der Waals surface area contributed by atoms with Crippen LogP contribution in [0.15, 0.2) is 60.7 Å². The predicted octanol–water partition coefficient (Wildman–Crippen LogP) is 4.56. The van der Waals surface area contributed by atoms with Crippen LogP contribution in [0.2, 0.25) is 0 Å². The molecule has 3 N–H and O–H groups in total. The molecule has 0 saturated carbocycles. The Morgan fingerprint density at radius 3 is 2.44 bits per heavy atom. The summed E-state index contributed by atoms with van der Waals surface area (Å²) < 4.78 is 11.6. The lowest BCUT2D eigenvalue weighted by Gasteiger charge is -2.26. The number of nitrogens with zero attached hydrogens (tertiary/aromatic N) is 3. The van der Waals surface area contributed by atoms with E-state index in [1.807, 2.05) is 36.4 Å². The highest BCUT2D eigenvalue weighted by Crippen LogP contribution is 2.31. The zero-order valence-electron chi connectivity index (χ0n) is 20.7. The van der Waals surface area contributed by atoms with Gasteiger partial charge in [0.15, 0.2) is 0 Å².